The van der Waals surface area contributed by atoms with E-state index in [0.717, 1.165) is 32.5 Å². The SMILES string of the molecule is CC(C)(C)OC(=O)C(Cc1ccccc1)CN1CCC2(CC1)OCc1ccccc12. The van der Waals surface area contributed by atoms with Crippen LogP contribution in [-0.4, -0.2) is 36.1 Å². The lowest BCUT2D eigenvalue weighted by Crippen LogP contribution is -2.46. The predicted molar refractivity (Wildman–Crippen MR) is 118 cm³/mol. The second-order valence-electron chi connectivity index (χ2n) is 9.66. The third kappa shape index (κ3) is 4.76. The Bertz CT molecular complexity index is 863. The van der Waals surface area contributed by atoms with Crippen molar-refractivity contribution < 1.29 is 14.3 Å². The molecule has 0 bridgehead atoms. The summed E-state index contributed by atoms with van der Waals surface area (Å²) >= 11 is 0. The van der Waals surface area contributed by atoms with Crippen LogP contribution < -0.4 is 0 Å². The van der Waals surface area contributed by atoms with Crippen LogP contribution in [0, 0.1) is 5.92 Å². The first kappa shape index (κ1) is 21.1. The van der Waals surface area contributed by atoms with Crippen molar-refractivity contribution in [2.24, 2.45) is 5.92 Å². The molecule has 2 aliphatic rings. The molecule has 2 aliphatic heterocycles. The van der Waals surface area contributed by atoms with Crippen molar-refractivity contribution in [1.82, 2.24) is 4.90 Å². The van der Waals surface area contributed by atoms with Crippen molar-refractivity contribution in [3.05, 3.63) is 71.3 Å². The van der Waals surface area contributed by atoms with Crippen molar-refractivity contribution in [2.75, 3.05) is 19.6 Å². The van der Waals surface area contributed by atoms with Gasteiger partial charge in [-0.2, -0.15) is 0 Å². The number of esters is 1. The number of fused-ring (bicyclic) bond motifs is 2. The lowest BCUT2D eigenvalue weighted by Gasteiger charge is -2.40. The molecule has 4 nitrogen and oxygen atoms in total. The zero-order valence-electron chi connectivity index (χ0n) is 18.4. The van der Waals surface area contributed by atoms with Crippen LogP contribution in [0.5, 0.6) is 0 Å². The van der Waals surface area contributed by atoms with Gasteiger partial charge in [-0.3, -0.25) is 4.79 Å². The molecular weight excluding hydrogens is 374 g/mol. The minimum atomic E-state index is -0.473. The van der Waals surface area contributed by atoms with E-state index in [4.69, 9.17) is 9.47 Å². The highest BCUT2D eigenvalue weighted by molar-refractivity contribution is 5.73. The van der Waals surface area contributed by atoms with Gasteiger partial charge in [0, 0.05) is 19.6 Å². The van der Waals surface area contributed by atoms with Crippen molar-refractivity contribution in [3.63, 3.8) is 0 Å². The summed E-state index contributed by atoms with van der Waals surface area (Å²) in [6, 6.07) is 18.8. The van der Waals surface area contributed by atoms with Crippen molar-refractivity contribution >= 4 is 5.97 Å². The molecular formula is C26H33NO3. The van der Waals surface area contributed by atoms with Gasteiger partial charge >= 0.3 is 5.97 Å². The van der Waals surface area contributed by atoms with E-state index < -0.39 is 5.60 Å². The molecule has 0 saturated carbocycles. The van der Waals surface area contributed by atoms with Crippen LogP contribution in [-0.2, 0) is 32.9 Å². The van der Waals surface area contributed by atoms with Gasteiger partial charge in [-0.1, -0.05) is 54.6 Å². The van der Waals surface area contributed by atoms with Crippen molar-refractivity contribution in [2.45, 2.75) is 57.8 Å². The zero-order valence-corrected chi connectivity index (χ0v) is 18.4. The van der Waals surface area contributed by atoms with Gasteiger partial charge in [0.15, 0.2) is 0 Å². The maximum absolute atomic E-state index is 13.0. The van der Waals surface area contributed by atoms with Gasteiger partial charge in [-0.25, -0.2) is 0 Å². The van der Waals surface area contributed by atoms with Crippen LogP contribution >= 0.6 is 0 Å². The zero-order chi connectivity index (χ0) is 21.2. The number of hydrogen-bond acceptors (Lipinski definition) is 4. The van der Waals surface area contributed by atoms with Gasteiger partial charge in [-0.15, -0.1) is 0 Å². The van der Waals surface area contributed by atoms with Gasteiger partial charge in [0.05, 0.1) is 18.1 Å². The van der Waals surface area contributed by atoms with Gasteiger partial charge in [-0.05, 0) is 56.7 Å². The molecule has 30 heavy (non-hydrogen) atoms. The number of likely N-dealkylation sites (tertiary alicyclic amines) is 1. The van der Waals surface area contributed by atoms with Gasteiger partial charge in [0.25, 0.3) is 0 Å². The number of carbonyl (C=O) groups excluding carboxylic acids is 1. The monoisotopic (exact) mass is 407 g/mol. The maximum Gasteiger partial charge on any atom is 0.311 e. The summed E-state index contributed by atoms with van der Waals surface area (Å²) in [7, 11) is 0. The Morgan fingerprint density at radius 3 is 2.43 bits per heavy atom. The summed E-state index contributed by atoms with van der Waals surface area (Å²) in [5.41, 5.74) is 3.24. The van der Waals surface area contributed by atoms with E-state index in [2.05, 4.69) is 41.3 Å². The molecule has 4 heteroatoms. The number of nitrogens with zero attached hydrogens (tertiary/aromatic N) is 1. The molecule has 1 saturated heterocycles. The second kappa shape index (κ2) is 8.52. The molecule has 1 fully saturated rings. The molecule has 4 rings (SSSR count). The number of carbonyl (C=O) groups is 1. The molecule has 0 aliphatic carbocycles. The minimum absolute atomic E-state index is 0.103. The molecule has 0 radical (unpaired) electrons. The van der Waals surface area contributed by atoms with Crippen LogP contribution in [0.25, 0.3) is 0 Å². The molecule has 2 heterocycles. The lowest BCUT2D eigenvalue weighted by atomic mass is 9.83. The first-order chi connectivity index (χ1) is 14.3. The Kier molecular flexibility index (Phi) is 5.99. The Hall–Kier alpha value is -2.17. The first-order valence-corrected chi connectivity index (χ1v) is 11.1. The van der Waals surface area contributed by atoms with Crippen LogP contribution in [0.4, 0.5) is 0 Å². The first-order valence-electron chi connectivity index (χ1n) is 11.1. The van der Waals surface area contributed by atoms with Crippen LogP contribution in [0.2, 0.25) is 0 Å². The van der Waals surface area contributed by atoms with Crippen LogP contribution in [0.1, 0.15) is 50.3 Å². The standard InChI is InChI=1S/C26H33NO3/c1-25(2,3)30-24(28)22(17-20-9-5-4-6-10-20)18-27-15-13-26(14-16-27)23-12-8-7-11-21(23)19-29-26/h4-12,22H,13-19H2,1-3H3. The molecule has 2 aromatic rings. The normalized spacial score (nSPS) is 19.4. The van der Waals surface area contributed by atoms with E-state index in [9.17, 15) is 4.79 Å². The fourth-order valence-corrected chi connectivity index (χ4v) is 4.71. The lowest BCUT2D eigenvalue weighted by molar-refractivity contribution is -0.161. The van der Waals surface area contributed by atoms with Crippen LogP contribution in [0.3, 0.4) is 0 Å². The average Bonchev–Trinajstić information content (AvgIpc) is 3.07. The van der Waals surface area contributed by atoms with E-state index in [-0.39, 0.29) is 17.5 Å². The fourth-order valence-electron chi connectivity index (χ4n) is 4.71. The summed E-state index contributed by atoms with van der Waals surface area (Å²) in [6.45, 7) is 9.11. The van der Waals surface area contributed by atoms with E-state index in [1.54, 1.807) is 0 Å². The van der Waals surface area contributed by atoms with Gasteiger partial charge in [0.1, 0.15) is 5.60 Å². The highest BCUT2D eigenvalue weighted by atomic mass is 16.6. The average molecular weight is 408 g/mol. The number of rotatable bonds is 5. The van der Waals surface area contributed by atoms with E-state index >= 15 is 0 Å². The Balaban J connectivity index is 1.43. The third-order valence-electron chi connectivity index (χ3n) is 6.22. The van der Waals surface area contributed by atoms with Gasteiger partial charge < -0.3 is 14.4 Å². The Morgan fingerprint density at radius 2 is 1.73 bits per heavy atom. The molecule has 1 unspecified atom stereocenters. The summed E-state index contributed by atoms with van der Waals surface area (Å²) in [4.78, 5) is 15.4. The maximum atomic E-state index is 13.0. The highest BCUT2D eigenvalue weighted by Gasteiger charge is 2.43. The summed E-state index contributed by atoms with van der Waals surface area (Å²) in [6.07, 6.45) is 2.64. The minimum Gasteiger partial charge on any atom is -0.460 e. The number of ether oxygens (including phenoxy) is 2. The molecule has 1 atom stereocenters. The number of piperidine rings is 1. The van der Waals surface area contributed by atoms with E-state index in [1.165, 1.54) is 16.7 Å². The Morgan fingerprint density at radius 1 is 1.07 bits per heavy atom. The molecule has 160 valence electrons. The highest BCUT2D eigenvalue weighted by Crippen LogP contribution is 2.44. The van der Waals surface area contributed by atoms with Crippen molar-refractivity contribution in [1.29, 1.82) is 0 Å². The number of benzene rings is 2. The third-order valence-corrected chi connectivity index (χ3v) is 6.22. The molecule has 0 aromatic heterocycles. The number of hydrogen-bond donors (Lipinski definition) is 0. The topological polar surface area (TPSA) is 38.8 Å². The largest absolute Gasteiger partial charge is 0.460 e. The smallest absolute Gasteiger partial charge is 0.311 e. The van der Waals surface area contributed by atoms with Crippen molar-refractivity contribution in [3.8, 4) is 0 Å². The second-order valence-corrected chi connectivity index (χ2v) is 9.66. The quantitative estimate of drug-likeness (QED) is 0.673. The fraction of sp³-hybridized carbons (Fsp3) is 0.500. The molecule has 0 N–H and O–H groups in total. The summed E-state index contributed by atoms with van der Waals surface area (Å²) in [5.74, 6) is -0.272. The summed E-state index contributed by atoms with van der Waals surface area (Å²) < 4.78 is 12.1. The molecule has 1 spiro atoms. The molecule has 0 amide bonds. The molecule has 2 aromatic carbocycles. The van der Waals surface area contributed by atoms with Crippen LogP contribution in [0.15, 0.2) is 54.6 Å². The predicted octanol–water partition coefficient (Wildman–Crippen LogP) is 4.71. The Labute approximate surface area is 180 Å². The van der Waals surface area contributed by atoms with E-state index in [1.807, 2.05) is 39.0 Å². The summed E-state index contributed by atoms with van der Waals surface area (Å²) in [5, 5.41) is 0. The van der Waals surface area contributed by atoms with Gasteiger partial charge in [0.2, 0.25) is 0 Å². The van der Waals surface area contributed by atoms with E-state index in [0.29, 0.717) is 13.0 Å².